The van der Waals surface area contributed by atoms with Gasteiger partial charge in [0.15, 0.2) is 17.6 Å². The van der Waals surface area contributed by atoms with Crippen molar-refractivity contribution in [2.75, 3.05) is 7.11 Å². The lowest BCUT2D eigenvalue weighted by molar-refractivity contribution is -0.162. The Balaban J connectivity index is 2.80. The molecule has 0 bridgehead atoms. The fourth-order valence-electron chi connectivity index (χ4n) is 1.65. The Bertz CT molecular complexity index is 460. The Labute approximate surface area is 121 Å². The van der Waals surface area contributed by atoms with Crippen LogP contribution in [-0.4, -0.2) is 24.8 Å². The second-order valence-electron chi connectivity index (χ2n) is 5.63. The third kappa shape index (κ3) is 4.76. The fraction of sp³-hybridized carbons (Fsp3) is 0.562. The van der Waals surface area contributed by atoms with Crippen LogP contribution < -0.4 is 9.47 Å². The van der Waals surface area contributed by atoms with E-state index in [0.29, 0.717) is 11.5 Å². The minimum absolute atomic E-state index is 0.390. The van der Waals surface area contributed by atoms with E-state index in [0.717, 1.165) is 12.0 Å². The Morgan fingerprint density at radius 1 is 1.25 bits per heavy atom. The first-order chi connectivity index (χ1) is 9.26. The van der Waals surface area contributed by atoms with Gasteiger partial charge in [-0.2, -0.15) is 0 Å². The molecule has 0 fully saturated rings. The normalized spacial score (nSPS) is 12.7. The third-order valence-electron chi connectivity index (χ3n) is 2.68. The van der Waals surface area contributed by atoms with Gasteiger partial charge in [0, 0.05) is 0 Å². The largest absolute Gasteiger partial charge is 0.493 e. The summed E-state index contributed by atoms with van der Waals surface area (Å²) >= 11 is 0. The number of aryl methyl sites for hydroxylation is 1. The maximum atomic E-state index is 11.9. The van der Waals surface area contributed by atoms with Gasteiger partial charge in [0.05, 0.1) is 7.11 Å². The van der Waals surface area contributed by atoms with Crippen molar-refractivity contribution in [2.24, 2.45) is 0 Å². The number of esters is 1. The zero-order valence-electron chi connectivity index (χ0n) is 13.1. The molecular weight excluding hydrogens is 256 g/mol. The van der Waals surface area contributed by atoms with Gasteiger partial charge in [0.25, 0.3) is 0 Å². The van der Waals surface area contributed by atoms with Crippen molar-refractivity contribution in [2.45, 2.75) is 52.7 Å². The molecule has 0 heterocycles. The third-order valence-corrected chi connectivity index (χ3v) is 2.68. The van der Waals surface area contributed by atoms with Crippen molar-refractivity contribution in [3.8, 4) is 11.5 Å². The molecule has 0 radical (unpaired) electrons. The van der Waals surface area contributed by atoms with E-state index in [4.69, 9.17) is 14.2 Å². The van der Waals surface area contributed by atoms with Crippen molar-refractivity contribution in [3.05, 3.63) is 23.8 Å². The molecule has 0 saturated carbocycles. The maximum absolute atomic E-state index is 11.9. The summed E-state index contributed by atoms with van der Waals surface area (Å²) in [5, 5.41) is 0. The molecule has 20 heavy (non-hydrogen) atoms. The van der Waals surface area contributed by atoms with Gasteiger partial charge in [-0.05, 0) is 51.8 Å². The molecular formula is C16H24O4. The number of carbonyl (C=O) groups is 1. The van der Waals surface area contributed by atoms with Crippen LogP contribution >= 0.6 is 0 Å². The van der Waals surface area contributed by atoms with Crippen LogP contribution in [0.5, 0.6) is 11.5 Å². The zero-order chi connectivity index (χ0) is 15.3. The average Bonchev–Trinajstić information content (AvgIpc) is 2.37. The molecule has 1 aromatic rings. The van der Waals surface area contributed by atoms with Crippen LogP contribution in [0.1, 0.15) is 40.2 Å². The van der Waals surface area contributed by atoms with Gasteiger partial charge in [-0.25, -0.2) is 4.79 Å². The van der Waals surface area contributed by atoms with Crippen molar-refractivity contribution in [1.82, 2.24) is 0 Å². The number of benzene rings is 1. The number of methoxy groups -OCH3 is 1. The number of ether oxygens (including phenoxy) is 3. The molecule has 4 heteroatoms. The summed E-state index contributed by atoms with van der Waals surface area (Å²) in [6.45, 7) is 9.22. The van der Waals surface area contributed by atoms with Crippen LogP contribution in [0.3, 0.4) is 0 Å². The quantitative estimate of drug-likeness (QED) is 0.776. The zero-order valence-corrected chi connectivity index (χ0v) is 13.1. The summed E-state index contributed by atoms with van der Waals surface area (Å²) in [5.74, 6) is 0.780. The molecule has 1 atom stereocenters. The first-order valence-electron chi connectivity index (χ1n) is 6.83. The molecule has 0 N–H and O–H groups in total. The van der Waals surface area contributed by atoms with Crippen LogP contribution in [0.25, 0.3) is 0 Å². The molecule has 0 aliphatic carbocycles. The average molecular weight is 280 g/mol. The Morgan fingerprint density at radius 3 is 2.40 bits per heavy atom. The van der Waals surface area contributed by atoms with Gasteiger partial charge in [-0.3, -0.25) is 0 Å². The summed E-state index contributed by atoms with van der Waals surface area (Å²) in [6, 6.07) is 5.69. The van der Waals surface area contributed by atoms with Crippen molar-refractivity contribution < 1.29 is 19.0 Å². The lowest BCUT2D eigenvalue weighted by Gasteiger charge is -2.23. The predicted octanol–water partition coefficient (Wildman–Crippen LogP) is 3.37. The molecule has 0 spiro atoms. The minimum Gasteiger partial charge on any atom is -0.493 e. The summed E-state index contributed by atoms with van der Waals surface area (Å²) in [4.78, 5) is 11.9. The molecule has 0 aliphatic rings. The summed E-state index contributed by atoms with van der Waals surface area (Å²) in [5.41, 5.74) is 0.629. The molecule has 0 amide bonds. The molecule has 1 aromatic carbocycles. The Kier molecular flexibility index (Phi) is 5.43. The highest BCUT2D eigenvalue weighted by Crippen LogP contribution is 2.29. The Hall–Kier alpha value is -1.71. The van der Waals surface area contributed by atoms with E-state index < -0.39 is 11.7 Å². The van der Waals surface area contributed by atoms with Crippen LogP contribution in [-0.2, 0) is 16.0 Å². The molecule has 0 aromatic heterocycles. The van der Waals surface area contributed by atoms with Crippen molar-refractivity contribution in [3.63, 3.8) is 0 Å². The van der Waals surface area contributed by atoms with Gasteiger partial charge >= 0.3 is 5.97 Å². The lowest BCUT2D eigenvalue weighted by Crippen LogP contribution is -2.33. The number of rotatable bonds is 5. The molecule has 0 aliphatic heterocycles. The fourth-order valence-corrected chi connectivity index (χ4v) is 1.65. The van der Waals surface area contributed by atoms with E-state index in [2.05, 4.69) is 6.92 Å². The van der Waals surface area contributed by atoms with Crippen molar-refractivity contribution >= 4 is 5.97 Å². The van der Waals surface area contributed by atoms with Crippen LogP contribution in [0, 0.1) is 0 Å². The highest BCUT2D eigenvalue weighted by atomic mass is 16.6. The number of carbonyl (C=O) groups excluding carboxylic acids is 1. The summed E-state index contributed by atoms with van der Waals surface area (Å²) < 4.78 is 16.2. The highest BCUT2D eigenvalue weighted by molar-refractivity contribution is 5.75. The van der Waals surface area contributed by atoms with E-state index in [1.165, 1.54) is 0 Å². The van der Waals surface area contributed by atoms with Crippen LogP contribution in [0.15, 0.2) is 18.2 Å². The van der Waals surface area contributed by atoms with Gasteiger partial charge in [-0.1, -0.05) is 13.0 Å². The molecule has 0 saturated heterocycles. The number of hydrogen-bond acceptors (Lipinski definition) is 4. The first-order valence-corrected chi connectivity index (χ1v) is 6.83. The minimum atomic E-state index is -0.685. The first kappa shape index (κ1) is 16.3. The van der Waals surface area contributed by atoms with Gasteiger partial charge in [0.2, 0.25) is 0 Å². The summed E-state index contributed by atoms with van der Waals surface area (Å²) in [6.07, 6.45) is 0.230. The molecule has 4 nitrogen and oxygen atoms in total. The lowest BCUT2D eigenvalue weighted by atomic mass is 10.1. The highest BCUT2D eigenvalue weighted by Gasteiger charge is 2.23. The van der Waals surface area contributed by atoms with E-state index in [1.807, 2.05) is 39.0 Å². The molecule has 112 valence electrons. The van der Waals surface area contributed by atoms with Gasteiger partial charge < -0.3 is 14.2 Å². The predicted molar refractivity (Wildman–Crippen MR) is 78.3 cm³/mol. The topological polar surface area (TPSA) is 44.8 Å². The van der Waals surface area contributed by atoms with Gasteiger partial charge in [0.1, 0.15) is 5.60 Å². The molecule has 1 rings (SSSR count). The molecule has 1 unspecified atom stereocenters. The number of hydrogen-bond donors (Lipinski definition) is 0. The van der Waals surface area contributed by atoms with Crippen LogP contribution in [0.2, 0.25) is 0 Å². The van der Waals surface area contributed by atoms with Gasteiger partial charge in [-0.15, -0.1) is 0 Å². The maximum Gasteiger partial charge on any atom is 0.347 e. The van der Waals surface area contributed by atoms with Crippen molar-refractivity contribution in [1.29, 1.82) is 0 Å². The standard InChI is InChI=1S/C16H24O4/c1-7-12-8-9-13(14(10-12)18-6)19-11(2)15(17)20-16(3,4)5/h8-11H,7H2,1-6H3. The van der Waals surface area contributed by atoms with E-state index >= 15 is 0 Å². The monoisotopic (exact) mass is 280 g/mol. The van der Waals surface area contributed by atoms with E-state index in [1.54, 1.807) is 14.0 Å². The summed E-state index contributed by atoms with van der Waals surface area (Å²) in [7, 11) is 1.58. The smallest absolute Gasteiger partial charge is 0.347 e. The SMILES string of the molecule is CCc1ccc(OC(C)C(=O)OC(C)(C)C)c(OC)c1. The second-order valence-corrected chi connectivity index (χ2v) is 5.63. The van der Waals surface area contributed by atoms with Crippen LogP contribution in [0.4, 0.5) is 0 Å². The van der Waals surface area contributed by atoms with E-state index in [9.17, 15) is 4.79 Å². The second kappa shape index (κ2) is 6.64. The van der Waals surface area contributed by atoms with E-state index in [-0.39, 0.29) is 5.97 Å². The Morgan fingerprint density at radius 2 is 1.90 bits per heavy atom.